The van der Waals surface area contributed by atoms with Crippen LogP contribution in [0.3, 0.4) is 0 Å². The molecule has 0 atom stereocenters. The molecule has 0 saturated heterocycles. The molecule has 0 aromatic heterocycles. The molecule has 0 saturated carbocycles. The fraction of sp³-hybridized carbons (Fsp3) is 0.120. The highest BCUT2D eigenvalue weighted by Crippen LogP contribution is 2.37. The molecule has 6 heteroatoms. The lowest BCUT2D eigenvalue weighted by Gasteiger charge is -2.15. The first-order chi connectivity index (χ1) is 15.0. The quantitative estimate of drug-likeness (QED) is 0.445. The number of hydrogen-bond donors (Lipinski definition) is 2. The molecule has 156 valence electrons. The second-order valence-electron chi connectivity index (χ2n) is 7.16. The molecule has 0 fully saturated rings. The van der Waals surface area contributed by atoms with Crippen LogP contribution in [0.2, 0.25) is 0 Å². The number of para-hydroxylation sites is 1. The number of esters is 1. The van der Waals surface area contributed by atoms with E-state index >= 15 is 0 Å². The molecule has 2 N–H and O–H groups in total. The van der Waals surface area contributed by atoms with Gasteiger partial charge in [-0.1, -0.05) is 42.5 Å². The molecule has 0 unspecified atom stereocenters. The summed E-state index contributed by atoms with van der Waals surface area (Å²) in [5.74, 6) is -0.967. The number of anilines is 2. The Hall–Kier alpha value is -3.93. The zero-order valence-corrected chi connectivity index (χ0v) is 16.9. The maximum Gasteiger partial charge on any atom is 0.305 e. The normalized spacial score (nSPS) is 13.9. The first kappa shape index (κ1) is 20.3. The molecule has 0 aliphatic carbocycles. The molecule has 3 aromatic rings. The Bertz CT molecular complexity index is 1160. The zero-order chi connectivity index (χ0) is 21.8. The van der Waals surface area contributed by atoms with Crippen molar-refractivity contribution in [3.05, 3.63) is 95.3 Å². The minimum absolute atomic E-state index is 0.260. The second-order valence-corrected chi connectivity index (χ2v) is 7.16. The van der Waals surface area contributed by atoms with E-state index in [1.807, 2.05) is 54.6 Å². The van der Waals surface area contributed by atoms with E-state index in [1.54, 1.807) is 6.07 Å². The predicted octanol–water partition coefficient (Wildman–Crippen LogP) is 4.86. The van der Waals surface area contributed by atoms with Gasteiger partial charge in [-0.05, 0) is 47.9 Å². The Kier molecular flexibility index (Phi) is 5.80. The van der Waals surface area contributed by atoms with Crippen LogP contribution in [0.5, 0.6) is 0 Å². The number of benzene rings is 3. The van der Waals surface area contributed by atoms with Crippen LogP contribution in [0.4, 0.5) is 15.8 Å². The summed E-state index contributed by atoms with van der Waals surface area (Å²) in [5.41, 5.74) is 4.75. The fourth-order valence-corrected chi connectivity index (χ4v) is 3.52. The van der Waals surface area contributed by atoms with Crippen LogP contribution in [-0.4, -0.2) is 19.0 Å². The first-order valence-electron chi connectivity index (χ1n) is 9.89. The monoisotopic (exact) mass is 416 g/mol. The van der Waals surface area contributed by atoms with E-state index in [9.17, 15) is 14.0 Å². The van der Waals surface area contributed by atoms with Crippen molar-refractivity contribution >= 4 is 34.5 Å². The molecule has 31 heavy (non-hydrogen) atoms. The summed E-state index contributed by atoms with van der Waals surface area (Å²) < 4.78 is 18.4. The van der Waals surface area contributed by atoms with Crippen molar-refractivity contribution < 1.29 is 18.7 Å². The number of fused-ring (bicyclic) bond motifs is 1. The van der Waals surface area contributed by atoms with Gasteiger partial charge >= 0.3 is 5.97 Å². The first-order valence-corrected chi connectivity index (χ1v) is 9.89. The molecule has 3 aromatic carbocycles. The third-order valence-electron chi connectivity index (χ3n) is 5.11. The largest absolute Gasteiger partial charge is 0.469 e. The SMILES string of the molecule is COC(=O)CCc1ccc(/C(Nc2ccccc2)=C2/C(=O)Nc3cc(F)ccc32)cc1. The Balaban J connectivity index is 1.75. The molecule has 0 bridgehead atoms. The molecule has 0 radical (unpaired) electrons. The number of halogens is 1. The molecule has 0 spiro atoms. The van der Waals surface area contributed by atoms with Crippen LogP contribution in [0, 0.1) is 5.82 Å². The average molecular weight is 416 g/mol. The second kappa shape index (κ2) is 8.83. The third kappa shape index (κ3) is 4.48. The predicted molar refractivity (Wildman–Crippen MR) is 119 cm³/mol. The molecule has 1 aliphatic rings. The molecule has 4 rings (SSSR count). The molecule has 1 aliphatic heterocycles. The molecule has 5 nitrogen and oxygen atoms in total. The number of hydrogen-bond acceptors (Lipinski definition) is 4. The van der Waals surface area contributed by atoms with Gasteiger partial charge in [-0.3, -0.25) is 9.59 Å². The minimum atomic E-state index is -0.409. The van der Waals surface area contributed by atoms with Gasteiger partial charge in [-0.15, -0.1) is 0 Å². The van der Waals surface area contributed by atoms with Crippen LogP contribution < -0.4 is 10.6 Å². The van der Waals surface area contributed by atoms with Gasteiger partial charge in [-0.25, -0.2) is 4.39 Å². The molecule has 1 heterocycles. The lowest BCUT2D eigenvalue weighted by atomic mass is 9.98. The van der Waals surface area contributed by atoms with Crippen molar-refractivity contribution in [2.45, 2.75) is 12.8 Å². The number of nitrogens with one attached hydrogen (secondary N) is 2. The smallest absolute Gasteiger partial charge is 0.305 e. The highest BCUT2D eigenvalue weighted by Gasteiger charge is 2.28. The Morgan fingerprint density at radius 2 is 1.77 bits per heavy atom. The number of ether oxygens (including phenoxy) is 1. The van der Waals surface area contributed by atoms with Crippen molar-refractivity contribution in [2.75, 3.05) is 17.7 Å². The van der Waals surface area contributed by atoms with Crippen molar-refractivity contribution in [3.8, 4) is 0 Å². The number of methoxy groups -OCH3 is 1. The maximum absolute atomic E-state index is 13.7. The summed E-state index contributed by atoms with van der Waals surface area (Å²) in [4.78, 5) is 24.2. The highest BCUT2D eigenvalue weighted by molar-refractivity contribution is 6.37. The van der Waals surface area contributed by atoms with E-state index in [4.69, 9.17) is 4.74 Å². The van der Waals surface area contributed by atoms with E-state index in [0.29, 0.717) is 35.4 Å². The number of amides is 1. The van der Waals surface area contributed by atoms with Gasteiger partial charge in [0.25, 0.3) is 5.91 Å². The lowest BCUT2D eigenvalue weighted by Crippen LogP contribution is -2.10. The maximum atomic E-state index is 13.7. The topological polar surface area (TPSA) is 67.4 Å². The van der Waals surface area contributed by atoms with Gasteiger partial charge in [0, 0.05) is 17.7 Å². The number of rotatable bonds is 6. The standard InChI is InChI=1S/C25H21FN2O3/c1-31-22(29)14-9-16-7-10-17(11-8-16)24(27-19-5-3-2-4-6-19)23-20-13-12-18(26)15-21(20)28-25(23)30/h2-8,10-13,15,27H,9,14H2,1H3,(H,28,30)/b24-23-. The summed E-state index contributed by atoms with van der Waals surface area (Å²) in [6.07, 6.45) is 0.862. The number of carbonyl (C=O) groups excluding carboxylic acids is 2. The summed E-state index contributed by atoms with van der Waals surface area (Å²) in [5, 5.41) is 6.10. The highest BCUT2D eigenvalue weighted by atomic mass is 19.1. The van der Waals surface area contributed by atoms with E-state index in [0.717, 1.165) is 16.8 Å². The fourth-order valence-electron chi connectivity index (χ4n) is 3.52. The number of aryl methyl sites for hydroxylation is 1. The molecule has 1 amide bonds. The van der Waals surface area contributed by atoms with E-state index in [1.165, 1.54) is 19.2 Å². The van der Waals surface area contributed by atoms with E-state index < -0.39 is 5.82 Å². The van der Waals surface area contributed by atoms with Crippen LogP contribution in [0.25, 0.3) is 11.3 Å². The summed E-state index contributed by atoms with van der Waals surface area (Å²) in [7, 11) is 1.37. The lowest BCUT2D eigenvalue weighted by molar-refractivity contribution is -0.140. The van der Waals surface area contributed by atoms with Crippen molar-refractivity contribution in [3.63, 3.8) is 0 Å². The van der Waals surface area contributed by atoms with Gasteiger partial charge in [-0.2, -0.15) is 0 Å². The van der Waals surface area contributed by atoms with Crippen LogP contribution in [0.1, 0.15) is 23.1 Å². The summed E-state index contributed by atoms with van der Waals surface area (Å²) in [6, 6.07) is 21.4. The zero-order valence-electron chi connectivity index (χ0n) is 16.9. The molecular weight excluding hydrogens is 395 g/mol. The summed E-state index contributed by atoms with van der Waals surface area (Å²) >= 11 is 0. The Labute approximate surface area is 179 Å². The Morgan fingerprint density at radius 1 is 1.03 bits per heavy atom. The summed E-state index contributed by atoms with van der Waals surface area (Å²) in [6.45, 7) is 0. The van der Waals surface area contributed by atoms with Crippen LogP contribution >= 0.6 is 0 Å². The Morgan fingerprint density at radius 3 is 2.48 bits per heavy atom. The third-order valence-corrected chi connectivity index (χ3v) is 5.11. The van der Waals surface area contributed by atoms with Crippen molar-refractivity contribution in [2.24, 2.45) is 0 Å². The van der Waals surface area contributed by atoms with Crippen LogP contribution in [-0.2, 0) is 20.7 Å². The van der Waals surface area contributed by atoms with Gasteiger partial charge in [0.2, 0.25) is 0 Å². The van der Waals surface area contributed by atoms with Crippen molar-refractivity contribution in [1.29, 1.82) is 0 Å². The number of carbonyl (C=O) groups is 2. The minimum Gasteiger partial charge on any atom is -0.469 e. The molecular formula is C25H21FN2O3. The van der Waals surface area contributed by atoms with Crippen molar-refractivity contribution in [1.82, 2.24) is 0 Å². The van der Waals surface area contributed by atoms with E-state index in [-0.39, 0.29) is 11.9 Å². The van der Waals surface area contributed by atoms with Gasteiger partial charge < -0.3 is 15.4 Å². The average Bonchev–Trinajstić information content (AvgIpc) is 3.11. The van der Waals surface area contributed by atoms with Gasteiger partial charge in [0.05, 0.1) is 24.1 Å². The van der Waals surface area contributed by atoms with E-state index in [2.05, 4.69) is 10.6 Å². The van der Waals surface area contributed by atoms with Gasteiger partial charge in [0.1, 0.15) is 5.82 Å². The van der Waals surface area contributed by atoms with Gasteiger partial charge in [0.15, 0.2) is 0 Å². The van der Waals surface area contributed by atoms with Crippen LogP contribution in [0.15, 0.2) is 72.8 Å².